The van der Waals surface area contributed by atoms with Gasteiger partial charge in [0.1, 0.15) is 0 Å². The summed E-state index contributed by atoms with van der Waals surface area (Å²) in [7, 11) is 0. The van der Waals surface area contributed by atoms with E-state index < -0.39 is 0 Å². The minimum atomic E-state index is 0.153. The summed E-state index contributed by atoms with van der Waals surface area (Å²) in [4.78, 5) is 27.7. The molecule has 0 aromatic rings. The monoisotopic (exact) mass is 770 g/mol. The molecular formula is C46H99N5O3. The standard InChI is InChI=1S/C40H83N5O3.2C3H8/c1-5-9-12-14-18-27-37-45(36-26-17-13-10-6-2)42-40(48)31-22-16-20-25-33-43(34-28-29-38-46)32-24-19-15-21-30-39(47)41-44(8-4)35-23-11-7-3;2*1-3-2/h46H,5-38H2,1-4H3,(H,41,47)(H,42,48);2*3H2,1-2H3. The summed E-state index contributed by atoms with van der Waals surface area (Å²) in [5.41, 5.74) is 6.34. The number of carbonyl (C=O) groups is 2. The van der Waals surface area contributed by atoms with E-state index in [1.165, 1.54) is 96.3 Å². The molecule has 0 saturated heterocycles. The summed E-state index contributed by atoms with van der Waals surface area (Å²) in [6, 6.07) is 0. The van der Waals surface area contributed by atoms with Gasteiger partial charge in [-0.25, -0.2) is 10.0 Å². The van der Waals surface area contributed by atoms with Gasteiger partial charge in [-0.15, -0.1) is 0 Å². The van der Waals surface area contributed by atoms with Gasteiger partial charge in [0.15, 0.2) is 0 Å². The number of nitrogens with zero attached hydrogens (tertiary/aromatic N) is 3. The van der Waals surface area contributed by atoms with Crippen LogP contribution in [0.4, 0.5) is 0 Å². The molecule has 3 N–H and O–H groups in total. The highest BCUT2D eigenvalue weighted by Gasteiger charge is 2.11. The molecule has 0 atom stereocenters. The van der Waals surface area contributed by atoms with Crippen LogP contribution >= 0.6 is 0 Å². The van der Waals surface area contributed by atoms with Crippen LogP contribution in [-0.2, 0) is 9.59 Å². The lowest BCUT2D eigenvalue weighted by Crippen LogP contribution is -2.43. The van der Waals surface area contributed by atoms with Gasteiger partial charge in [-0.1, -0.05) is 165 Å². The molecule has 0 rings (SSSR count). The van der Waals surface area contributed by atoms with Crippen molar-refractivity contribution in [3.05, 3.63) is 0 Å². The first-order valence-corrected chi connectivity index (χ1v) is 23.7. The van der Waals surface area contributed by atoms with E-state index >= 15 is 0 Å². The molecule has 0 aliphatic heterocycles. The van der Waals surface area contributed by atoms with Gasteiger partial charge in [-0.2, -0.15) is 0 Å². The fourth-order valence-corrected chi connectivity index (χ4v) is 6.25. The maximum absolute atomic E-state index is 12.8. The highest BCUT2D eigenvalue weighted by Crippen LogP contribution is 2.11. The Bertz CT molecular complexity index is 724. The number of unbranched alkanes of at least 4 members (excludes halogenated alkanes) is 18. The molecule has 0 spiro atoms. The second-order valence-corrected chi connectivity index (χ2v) is 15.5. The third-order valence-electron chi connectivity index (χ3n) is 9.43. The summed E-state index contributed by atoms with van der Waals surface area (Å²) in [5.74, 6) is 0.340. The first-order chi connectivity index (χ1) is 26.3. The molecule has 0 bridgehead atoms. The minimum Gasteiger partial charge on any atom is -0.396 e. The van der Waals surface area contributed by atoms with Crippen LogP contribution in [0.5, 0.6) is 0 Å². The average molecular weight is 770 g/mol. The second kappa shape index (κ2) is 49.8. The largest absolute Gasteiger partial charge is 0.396 e. The van der Waals surface area contributed by atoms with Gasteiger partial charge in [0.05, 0.1) is 0 Å². The summed E-state index contributed by atoms with van der Waals surface area (Å²) < 4.78 is 0. The number of hydrazine groups is 2. The number of carbonyl (C=O) groups excluding carboxylic acids is 2. The topological polar surface area (TPSA) is 88.1 Å². The van der Waals surface area contributed by atoms with Crippen LogP contribution in [0.2, 0.25) is 0 Å². The third-order valence-corrected chi connectivity index (χ3v) is 9.43. The van der Waals surface area contributed by atoms with Crippen LogP contribution in [0, 0.1) is 0 Å². The Hall–Kier alpha value is -1.22. The Balaban J connectivity index is -0.00000403. The third kappa shape index (κ3) is 46.9. The predicted octanol–water partition coefficient (Wildman–Crippen LogP) is 12.0. The molecule has 326 valence electrons. The normalized spacial score (nSPS) is 11.0. The van der Waals surface area contributed by atoms with Crippen LogP contribution in [-0.4, -0.2) is 84.3 Å². The van der Waals surface area contributed by atoms with Gasteiger partial charge in [-0.3, -0.25) is 20.4 Å². The van der Waals surface area contributed by atoms with E-state index in [1.807, 2.05) is 0 Å². The van der Waals surface area contributed by atoms with Gasteiger partial charge in [0.2, 0.25) is 11.8 Å². The van der Waals surface area contributed by atoms with Crippen LogP contribution in [0.25, 0.3) is 0 Å². The van der Waals surface area contributed by atoms with E-state index in [1.54, 1.807) is 0 Å². The molecule has 0 aromatic heterocycles. The SMILES string of the molecule is CCC.CCC.CCCCCCCCN(CCCCCCC)NC(=O)CCCCCCN(CCCCO)CCCCCCC(=O)NN(CC)CCCCC. The molecule has 0 heterocycles. The van der Waals surface area contributed by atoms with Crippen molar-refractivity contribution in [1.82, 2.24) is 25.8 Å². The molecule has 8 nitrogen and oxygen atoms in total. The first kappa shape index (κ1) is 57.1. The van der Waals surface area contributed by atoms with Gasteiger partial charge in [0, 0.05) is 45.6 Å². The number of amides is 2. The molecule has 0 radical (unpaired) electrons. The fraction of sp³-hybridized carbons (Fsp3) is 0.957. The zero-order valence-electron chi connectivity index (χ0n) is 38.1. The number of hydrogen-bond donors (Lipinski definition) is 3. The zero-order chi connectivity index (χ0) is 40.8. The maximum Gasteiger partial charge on any atom is 0.234 e. The van der Waals surface area contributed by atoms with Crippen molar-refractivity contribution in [2.75, 3.05) is 52.4 Å². The maximum atomic E-state index is 12.8. The van der Waals surface area contributed by atoms with E-state index in [0.29, 0.717) is 12.8 Å². The highest BCUT2D eigenvalue weighted by atomic mass is 16.3. The quantitative estimate of drug-likeness (QED) is 0.0428. The summed E-state index contributed by atoms with van der Waals surface area (Å²) in [6.45, 7) is 24.6. The number of aliphatic hydroxyl groups excluding tert-OH is 1. The lowest BCUT2D eigenvalue weighted by molar-refractivity contribution is -0.126. The van der Waals surface area contributed by atoms with E-state index in [0.717, 1.165) is 116 Å². The van der Waals surface area contributed by atoms with Crippen molar-refractivity contribution in [3.8, 4) is 0 Å². The molecule has 8 heteroatoms. The number of hydrogen-bond acceptors (Lipinski definition) is 6. The van der Waals surface area contributed by atoms with E-state index in [-0.39, 0.29) is 18.4 Å². The van der Waals surface area contributed by atoms with Gasteiger partial charge in [0.25, 0.3) is 0 Å². The second-order valence-electron chi connectivity index (χ2n) is 15.5. The van der Waals surface area contributed by atoms with E-state index in [4.69, 9.17) is 0 Å². The molecule has 2 amide bonds. The number of nitrogens with one attached hydrogen (secondary N) is 2. The highest BCUT2D eigenvalue weighted by molar-refractivity contribution is 5.75. The van der Waals surface area contributed by atoms with Gasteiger partial charge < -0.3 is 10.0 Å². The smallest absolute Gasteiger partial charge is 0.234 e. The Kier molecular flexibility index (Phi) is 52.7. The van der Waals surface area contributed by atoms with Crippen molar-refractivity contribution in [2.24, 2.45) is 0 Å². The molecule has 0 aliphatic rings. The number of aliphatic hydroxyl groups is 1. The molecule has 0 saturated carbocycles. The summed E-state index contributed by atoms with van der Waals surface area (Å²) in [6.07, 6.45) is 31.9. The molecule has 0 unspecified atom stereocenters. The van der Waals surface area contributed by atoms with Crippen molar-refractivity contribution in [2.45, 2.75) is 235 Å². The van der Waals surface area contributed by atoms with Crippen LogP contribution < -0.4 is 10.9 Å². The van der Waals surface area contributed by atoms with Crippen molar-refractivity contribution in [1.29, 1.82) is 0 Å². The minimum absolute atomic E-state index is 0.153. The van der Waals surface area contributed by atoms with E-state index in [9.17, 15) is 14.7 Å². The lowest BCUT2D eigenvalue weighted by Gasteiger charge is -2.23. The average Bonchev–Trinajstić information content (AvgIpc) is 3.15. The Morgan fingerprint density at radius 2 is 0.685 bits per heavy atom. The predicted molar refractivity (Wildman–Crippen MR) is 238 cm³/mol. The van der Waals surface area contributed by atoms with Crippen molar-refractivity contribution >= 4 is 11.8 Å². The summed E-state index contributed by atoms with van der Waals surface area (Å²) in [5, 5.41) is 13.5. The van der Waals surface area contributed by atoms with Crippen LogP contribution in [0.15, 0.2) is 0 Å². The Labute approximate surface area is 339 Å². The number of rotatable bonds is 38. The zero-order valence-corrected chi connectivity index (χ0v) is 38.1. The lowest BCUT2D eigenvalue weighted by atomic mass is 10.1. The molecule has 0 aromatic carbocycles. The van der Waals surface area contributed by atoms with Gasteiger partial charge >= 0.3 is 0 Å². The van der Waals surface area contributed by atoms with Gasteiger partial charge in [-0.05, 0) is 77.4 Å². The first-order valence-electron chi connectivity index (χ1n) is 23.7. The van der Waals surface area contributed by atoms with E-state index in [2.05, 4.69) is 81.2 Å². The van der Waals surface area contributed by atoms with Crippen molar-refractivity contribution in [3.63, 3.8) is 0 Å². The van der Waals surface area contributed by atoms with Crippen molar-refractivity contribution < 1.29 is 14.7 Å². The Morgan fingerprint density at radius 1 is 0.389 bits per heavy atom. The molecule has 0 aliphatic carbocycles. The molecular weight excluding hydrogens is 671 g/mol. The van der Waals surface area contributed by atoms with Crippen LogP contribution in [0.3, 0.4) is 0 Å². The Morgan fingerprint density at radius 3 is 1.09 bits per heavy atom. The molecule has 0 fully saturated rings. The molecule has 54 heavy (non-hydrogen) atoms. The fourth-order valence-electron chi connectivity index (χ4n) is 6.25. The van der Waals surface area contributed by atoms with Crippen LogP contribution in [0.1, 0.15) is 235 Å². The summed E-state index contributed by atoms with van der Waals surface area (Å²) >= 11 is 0.